The van der Waals surface area contributed by atoms with E-state index in [0.29, 0.717) is 6.42 Å². The van der Waals surface area contributed by atoms with Crippen molar-refractivity contribution in [2.24, 2.45) is 0 Å². The van der Waals surface area contributed by atoms with E-state index >= 15 is 0 Å². The van der Waals surface area contributed by atoms with E-state index in [1.54, 1.807) is 25.1 Å². The summed E-state index contributed by atoms with van der Waals surface area (Å²) in [7, 11) is 0. The van der Waals surface area contributed by atoms with Crippen molar-refractivity contribution in [1.29, 1.82) is 0 Å². The van der Waals surface area contributed by atoms with Crippen LogP contribution >= 0.6 is 0 Å². The van der Waals surface area contributed by atoms with Crippen LogP contribution in [0.3, 0.4) is 0 Å². The van der Waals surface area contributed by atoms with E-state index in [9.17, 15) is 18.1 Å². The number of pyridine rings is 1. The molecule has 0 radical (unpaired) electrons. The van der Waals surface area contributed by atoms with Crippen LogP contribution in [0.4, 0.5) is 13.3 Å². The van der Waals surface area contributed by atoms with Gasteiger partial charge in [-0.25, -0.2) is 0 Å². The second-order valence-electron chi connectivity index (χ2n) is 4.11. The summed E-state index contributed by atoms with van der Waals surface area (Å²) >= 11 is 0. The maximum Gasteiger partial charge on any atom is 0.318 e. The van der Waals surface area contributed by atoms with Gasteiger partial charge in [-0.05, 0) is 6.42 Å². The smallest absolute Gasteiger partial charge is 0.318 e. The van der Waals surface area contributed by atoms with Gasteiger partial charge in [-0.1, -0.05) is 41.7 Å². The SMILES string of the molecule is CCCOc1c(F)c(F)c(=O)n(F)c1-c1ccccc1. The molecular formula is C14H12F3NO2. The first-order chi connectivity index (χ1) is 9.57. The predicted molar refractivity (Wildman–Crippen MR) is 68.3 cm³/mol. The first kappa shape index (κ1) is 14.2. The van der Waals surface area contributed by atoms with Crippen LogP contribution in [-0.4, -0.2) is 11.4 Å². The van der Waals surface area contributed by atoms with Crippen molar-refractivity contribution in [2.45, 2.75) is 13.3 Å². The molecule has 0 saturated carbocycles. The molecule has 6 heteroatoms. The van der Waals surface area contributed by atoms with E-state index in [-0.39, 0.29) is 12.2 Å². The standard InChI is InChI=1S/C14H12F3NO2/c1-2-8-20-13-10(15)11(16)14(19)18(17)12(13)9-6-4-3-5-7-9/h3-7H,2,8H2,1H3. The molecule has 1 aromatic carbocycles. The topological polar surface area (TPSA) is 31.2 Å². The number of hydrogen-bond acceptors (Lipinski definition) is 2. The molecule has 0 unspecified atom stereocenters. The van der Waals surface area contributed by atoms with Crippen LogP contribution in [0.1, 0.15) is 13.3 Å². The Morgan fingerprint density at radius 1 is 1.15 bits per heavy atom. The summed E-state index contributed by atoms with van der Waals surface area (Å²) in [6.07, 6.45) is 0.528. The fourth-order valence-electron chi connectivity index (χ4n) is 1.75. The molecular weight excluding hydrogens is 271 g/mol. The number of hydrogen-bond donors (Lipinski definition) is 0. The van der Waals surface area contributed by atoms with E-state index in [4.69, 9.17) is 4.74 Å². The lowest BCUT2D eigenvalue weighted by Crippen LogP contribution is -2.22. The highest BCUT2D eigenvalue weighted by atomic mass is 19.2. The zero-order valence-electron chi connectivity index (χ0n) is 10.7. The lowest BCUT2D eigenvalue weighted by Gasteiger charge is -2.13. The van der Waals surface area contributed by atoms with Gasteiger partial charge in [0.1, 0.15) is 5.69 Å². The molecule has 106 valence electrons. The predicted octanol–water partition coefficient (Wildman–Crippen LogP) is 3.31. The van der Waals surface area contributed by atoms with Crippen LogP contribution in [0.25, 0.3) is 11.3 Å². The van der Waals surface area contributed by atoms with Gasteiger partial charge >= 0.3 is 5.56 Å². The molecule has 0 aliphatic heterocycles. The lowest BCUT2D eigenvalue weighted by molar-refractivity contribution is 0.272. The molecule has 0 fully saturated rings. The van der Waals surface area contributed by atoms with Crippen LogP contribution in [-0.2, 0) is 0 Å². The van der Waals surface area contributed by atoms with Crippen molar-refractivity contribution in [3.05, 3.63) is 52.3 Å². The molecule has 0 amide bonds. The summed E-state index contributed by atoms with van der Waals surface area (Å²) in [5.74, 6) is -3.87. The van der Waals surface area contributed by atoms with E-state index < -0.39 is 33.4 Å². The average Bonchev–Trinajstić information content (AvgIpc) is 2.48. The molecule has 0 bridgehead atoms. The fourth-order valence-corrected chi connectivity index (χ4v) is 1.75. The number of benzene rings is 1. The maximum atomic E-state index is 13.9. The second-order valence-corrected chi connectivity index (χ2v) is 4.11. The molecule has 3 nitrogen and oxygen atoms in total. The van der Waals surface area contributed by atoms with E-state index in [0.717, 1.165) is 0 Å². The minimum absolute atomic E-state index is 0.0778. The number of aromatic nitrogens is 1. The molecule has 20 heavy (non-hydrogen) atoms. The Hall–Kier alpha value is -2.24. The third-order valence-corrected chi connectivity index (χ3v) is 2.67. The second kappa shape index (κ2) is 5.81. The number of nitrogens with zero attached hydrogens (tertiary/aromatic N) is 1. The Balaban J connectivity index is 2.73. The van der Waals surface area contributed by atoms with Gasteiger partial charge in [0.05, 0.1) is 6.61 Å². The number of ether oxygens (including phenoxy) is 1. The van der Waals surface area contributed by atoms with E-state index in [1.807, 2.05) is 0 Å². The Morgan fingerprint density at radius 3 is 2.40 bits per heavy atom. The van der Waals surface area contributed by atoms with Crippen LogP contribution in [0, 0.1) is 11.6 Å². The lowest BCUT2D eigenvalue weighted by atomic mass is 10.1. The Kier molecular flexibility index (Phi) is 4.12. The Labute approximate surface area is 113 Å². The molecule has 0 aliphatic carbocycles. The largest absolute Gasteiger partial charge is 0.488 e. The van der Waals surface area contributed by atoms with Crippen molar-refractivity contribution in [1.82, 2.24) is 4.79 Å². The molecule has 1 aromatic heterocycles. The molecule has 2 rings (SSSR count). The van der Waals surface area contributed by atoms with Gasteiger partial charge in [-0.3, -0.25) is 4.79 Å². The molecule has 0 saturated heterocycles. The summed E-state index contributed by atoms with van der Waals surface area (Å²) in [4.78, 5) is 10.9. The van der Waals surface area contributed by atoms with E-state index in [1.165, 1.54) is 12.1 Å². The summed E-state index contributed by atoms with van der Waals surface area (Å²) in [5, 5.41) is 0. The zero-order valence-corrected chi connectivity index (χ0v) is 10.7. The summed E-state index contributed by atoms with van der Waals surface area (Å²) in [5.41, 5.74) is -1.88. The Morgan fingerprint density at radius 2 is 1.80 bits per heavy atom. The van der Waals surface area contributed by atoms with Crippen molar-refractivity contribution in [3.63, 3.8) is 0 Å². The molecule has 0 spiro atoms. The monoisotopic (exact) mass is 283 g/mol. The van der Waals surface area contributed by atoms with Crippen molar-refractivity contribution in [3.8, 4) is 17.0 Å². The number of halogens is 3. The van der Waals surface area contributed by atoms with Crippen LogP contribution in [0.2, 0.25) is 0 Å². The van der Waals surface area contributed by atoms with Crippen LogP contribution in [0.15, 0.2) is 35.1 Å². The maximum absolute atomic E-state index is 13.9. The van der Waals surface area contributed by atoms with Gasteiger partial charge in [0.15, 0.2) is 5.75 Å². The normalized spacial score (nSPS) is 10.6. The molecule has 0 atom stereocenters. The third kappa shape index (κ3) is 2.41. The zero-order chi connectivity index (χ0) is 14.7. The fraction of sp³-hybridized carbons (Fsp3) is 0.214. The summed E-state index contributed by atoms with van der Waals surface area (Å²) in [6, 6.07) is 7.80. The van der Waals surface area contributed by atoms with Gasteiger partial charge < -0.3 is 4.74 Å². The molecule has 0 N–H and O–H groups in total. The van der Waals surface area contributed by atoms with Gasteiger partial charge in [0, 0.05) is 5.56 Å². The van der Waals surface area contributed by atoms with Crippen molar-refractivity contribution < 1.29 is 18.0 Å². The van der Waals surface area contributed by atoms with Gasteiger partial charge in [0.25, 0.3) is 0 Å². The third-order valence-electron chi connectivity index (χ3n) is 2.67. The first-order valence-corrected chi connectivity index (χ1v) is 6.06. The van der Waals surface area contributed by atoms with Crippen molar-refractivity contribution in [2.75, 3.05) is 6.61 Å². The number of rotatable bonds is 4. The highest BCUT2D eigenvalue weighted by Gasteiger charge is 2.25. The average molecular weight is 283 g/mol. The van der Waals surface area contributed by atoms with Crippen LogP contribution in [0.5, 0.6) is 5.75 Å². The molecule has 0 aliphatic rings. The minimum Gasteiger partial charge on any atom is -0.488 e. The molecule has 2 aromatic rings. The summed E-state index contributed by atoms with van der Waals surface area (Å²) in [6.45, 7) is 1.84. The van der Waals surface area contributed by atoms with Crippen LogP contribution < -0.4 is 10.3 Å². The Bertz CT molecular complexity index is 668. The van der Waals surface area contributed by atoms with Gasteiger partial charge in [-0.15, -0.1) is 4.79 Å². The van der Waals surface area contributed by atoms with Crippen molar-refractivity contribution >= 4 is 0 Å². The quantitative estimate of drug-likeness (QED) is 0.862. The summed E-state index contributed by atoms with van der Waals surface area (Å²) < 4.78 is 46.2. The minimum atomic E-state index is -1.79. The highest BCUT2D eigenvalue weighted by Crippen LogP contribution is 2.32. The first-order valence-electron chi connectivity index (χ1n) is 6.06. The van der Waals surface area contributed by atoms with E-state index in [2.05, 4.69) is 0 Å². The van der Waals surface area contributed by atoms with Gasteiger partial charge in [-0.2, -0.15) is 8.78 Å². The molecule has 1 heterocycles. The highest BCUT2D eigenvalue weighted by molar-refractivity contribution is 5.66. The van der Waals surface area contributed by atoms with Gasteiger partial charge in [0.2, 0.25) is 11.6 Å².